The zero-order valence-electron chi connectivity index (χ0n) is 12.3. The van der Waals surface area contributed by atoms with Crippen LogP contribution in [0.25, 0.3) is 0 Å². The number of nitrogens with two attached hydrogens (primary N) is 1. The van der Waals surface area contributed by atoms with Crippen molar-refractivity contribution >= 4 is 11.8 Å². The number of carbonyl (C=O) groups is 2. The van der Waals surface area contributed by atoms with Crippen molar-refractivity contribution in [2.75, 3.05) is 19.6 Å². The second-order valence-corrected chi connectivity index (χ2v) is 5.44. The number of imide groups is 1. The fraction of sp³-hybridized carbons (Fsp3) is 0.500. The van der Waals surface area contributed by atoms with Gasteiger partial charge in [-0.1, -0.05) is 24.6 Å². The van der Waals surface area contributed by atoms with Crippen LogP contribution in [0.4, 0.5) is 0 Å². The maximum Gasteiger partial charge on any atom is 0.257 e. The first-order chi connectivity index (χ1) is 10.2. The highest BCUT2D eigenvalue weighted by Gasteiger charge is 2.24. The summed E-state index contributed by atoms with van der Waals surface area (Å²) in [6.45, 7) is 1.80. The van der Waals surface area contributed by atoms with Crippen LogP contribution in [0, 0.1) is 0 Å². The van der Waals surface area contributed by atoms with Crippen molar-refractivity contribution in [2.24, 2.45) is 5.73 Å². The predicted octanol–water partition coefficient (Wildman–Crippen LogP) is 1.15. The Balaban J connectivity index is 1.87. The molecule has 2 amide bonds. The molecule has 0 spiro atoms. The van der Waals surface area contributed by atoms with Gasteiger partial charge in [-0.05, 0) is 44.5 Å². The summed E-state index contributed by atoms with van der Waals surface area (Å²) in [5, 5.41) is 2.46. The average molecular weight is 289 g/mol. The van der Waals surface area contributed by atoms with Gasteiger partial charge in [0.2, 0.25) is 5.91 Å². The molecule has 1 aromatic rings. The van der Waals surface area contributed by atoms with Crippen LogP contribution < -0.4 is 11.1 Å². The van der Waals surface area contributed by atoms with Gasteiger partial charge in [0.1, 0.15) is 0 Å². The molecule has 21 heavy (non-hydrogen) atoms. The summed E-state index contributed by atoms with van der Waals surface area (Å²) in [4.78, 5) is 26.1. The van der Waals surface area contributed by atoms with Crippen LogP contribution in [0.3, 0.4) is 0 Å². The predicted molar refractivity (Wildman–Crippen MR) is 81.8 cm³/mol. The first-order valence-corrected chi connectivity index (χ1v) is 7.54. The summed E-state index contributed by atoms with van der Waals surface area (Å²) >= 11 is 0. The molecule has 1 fully saturated rings. The zero-order valence-corrected chi connectivity index (χ0v) is 12.3. The minimum atomic E-state index is -0.340. The van der Waals surface area contributed by atoms with E-state index in [4.69, 9.17) is 5.73 Å². The number of likely N-dealkylation sites (tertiary alicyclic amines) is 1. The van der Waals surface area contributed by atoms with E-state index in [1.165, 1.54) is 6.42 Å². The van der Waals surface area contributed by atoms with Crippen LogP contribution in [0.5, 0.6) is 0 Å². The Labute approximate surface area is 125 Å². The fourth-order valence-corrected chi connectivity index (χ4v) is 2.80. The largest absolute Gasteiger partial charge is 0.330 e. The summed E-state index contributed by atoms with van der Waals surface area (Å²) in [6, 6.07) is 9.15. The summed E-state index contributed by atoms with van der Waals surface area (Å²) in [5.74, 6) is -0.583. The molecule has 1 heterocycles. The number of rotatable bonds is 5. The van der Waals surface area contributed by atoms with E-state index in [9.17, 15) is 9.59 Å². The molecule has 1 aromatic carbocycles. The molecular weight excluding hydrogens is 266 g/mol. The number of benzene rings is 1. The molecule has 5 nitrogen and oxygen atoms in total. The van der Waals surface area contributed by atoms with E-state index < -0.39 is 0 Å². The number of nitrogens with zero attached hydrogens (tertiary/aromatic N) is 1. The molecule has 0 aliphatic carbocycles. The highest BCUT2D eigenvalue weighted by molar-refractivity contribution is 6.05. The number of hydrogen-bond donors (Lipinski definition) is 2. The normalized spacial score (nSPS) is 19.2. The van der Waals surface area contributed by atoms with E-state index in [1.54, 1.807) is 24.3 Å². The molecule has 1 unspecified atom stereocenters. The van der Waals surface area contributed by atoms with Crippen LogP contribution >= 0.6 is 0 Å². The second-order valence-electron chi connectivity index (χ2n) is 5.44. The molecule has 5 heteroatoms. The van der Waals surface area contributed by atoms with Gasteiger partial charge in [0, 0.05) is 11.6 Å². The van der Waals surface area contributed by atoms with Crippen LogP contribution in [0.2, 0.25) is 0 Å². The molecule has 1 aliphatic rings. The van der Waals surface area contributed by atoms with Gasteiger partial charge in [-0.15, -0.1) is 0 Å². The molecule has 2 rings (SSSR count). The van der Waals surface area contributed by atoms with Crippen molar-refractivity contribution in [1.82, 2.24) is 10.2 Å². The van der Waals surface area contributed by atoms with Gasteiger partial charge in [0.05, 0.1) is 6.54 Å². The molecule has 0 saturated carbocycles. The lowest BCUT2D eigenvalue weighted by Gasteiger charge is -2.34. The quantitative estimate of drug-likeness (QED) is 0.852. The third-order valence-electron chi connectivity index (χ3n) is 3.88. The first-order valence-electron chi connectivity index (χ1n) is 7.54. The molecule has 1 saturated heterocycles. The lowest BCUT2D eigenvalue weighted by Crippen LogP contribution is -2.47. The Hall–Kier alpha value is -1.72. The van der Waals surface area contributed by atoms with Gasteiger partial charge in [-0.2, -0.15) is 0 Å². The SMILES string of the molecule is NCCC1CCCCN1CC(=O)NC(=O)c1ccccc1. The molecule has 0 aromatic heterocycles. The van der Waals surface area contributed by atoms with Crippen LogP contribution in [0.15, 0.2) is 30.3 Å². The number of nitrogens with one attached hydrogen (secondary N) is 1. The van der Waals surface area contributed by atoms with Crippen LogP contribution in [0.1, 0.15) is 36.0 Å². The van der Waals surface area contributed by atoms with E-state index in [2.05, 4.69) is 10.2 Å². The smallest absolute Gasteiger partial charge is 0.257 e. The molecule has 3 N–H and O–H groups in total. The molecule has 0 radical (unpaired) electrons. The minimum absolute atomic E-state index is 0.243. The number of hydrogen-bond acceptors (Lipinski definition) is 4. The minimum Gasteiger partial charge on any atom is -0.330 e. The molecular formula is C16H23N3O2. The lowest BCUT2D eigenvalue weighted by molar-refractivity contribution is -0.122. The average Bonchev–Trinajstić information content (AvgIpc) is 2.50. The maximum absolute atomic E-state index is 12.0. The number of carbonyl (C=O) groups excluding carboxylic acids is 2. The summed E-state index contributed by atoms with van der Waals surface area (Å²) < 4.78 is 0. The lowest BCUT2D eigenvalue weighted by atomic mass is 9.99. The van der Waals surface area contributed by atoms with E-state index in [-0.39, 0.29) is 18.4 Å². The van der Waals surface area contributed by atoms with E-state index in [0.717, 1.165) is 25.8 Å². The van der Waals surface area contributed by atoms with Gasteiger partial charge >= 0.3 is 0 Å². The molecule has 0 bridgehead atoms. The van der Waals surface area contributed by atoms with Crippen molar-refractivity contribution < 1.29 is 9.59 Å². The number of amides is 2. The summed E-state index contributed by atoms with van der Waals surface area (Å²) in [5.41, 5.74) is 6.13. The van der Waals surface area contributed by atoms with Crippen LogP contribution in [-0.2, 0) is 4.79 Å². The van der Waals surface area contributed by atoms with Crippen molar-refractivity contribution in [3.05, 3.63) is 35.9 Å². The van der Waals surface area contributed by atoms with Gasteiger partial charge in [0.15, 0.2) is 0 Å². The van der Waals surface area contributed by atoms with Gasteiger partial charge in [-0.3, -0.25) is 19.8 Å². The summed E-state index contributed by atoms with van der Waals surface area (Å²) in [7, 11) is 0. The Kier molecular flexibility index (Phi) is 5.90. The fourth-order valence-electron chi connectivity index (χ4n) is 2.80. The topological polar surface area (TPSA) is 75.4 Å². The van der Waals surface area contributed by atoms with E-state index in [1.807, 2.05) is 6.07 Å². The first kappa shape index (κ1) is 15.7. The third kappa shape index (κ3) is 4.65. The van der Waals surface area contributed by atoms with Gasteiger partial charge in [-0.25, -0.2) is 0 Å². The van der Waals surface area contributed by atoms with Crippen molar-refractivity contribution in [2.45, 2.75) is 31.7 Å². The maximum atomic E-state index is 12.0. The van der Waals surface area contributed by atoms with Crippen molar-refractivity contribution in [3.8, 4) is 0 Å². The van der Waals surface area contributed by atoms with E-state index >= 15 is 0 Å². The van der Waals surface area contributed by atoms with Crippen molar-refractivity contribution in [1.29, 1.82) is 0 Å². The molecule has 1 atom stereocenters. The van der Waals surface area contributed by atoms with E-state index in [0.29, 0.717) is 18.2 Å². The number of piperidine rings is 1. The van der Waals surface area contributed by atoms with Gasteiger partial charge in [0.25, 0.3) is 5.91 Å². The van der Waals surface area contributed by atoms with Crippen molar-refractivity contribution in [3.63, 3.8) is 0 Å². The Bertz CT molecular complexity index is 474. The van der Waals surface area contributed by atoms with Gasteiger partial charge < -0.3 is 5.73 Å². The third-order valence-corrected chi connectivity index (χ3v) is 3.88. The molecule has 1 aliphatic heterocycles. The Morgan fingerprint density at radius 2 is 2.00 bits per heavy atom. The monoisotopic (exact) mass is 289 g/mol. The second kappa shape index (κ2) is 7.90. The zero-order chi connectivity index (χ0) is 15.1. The molecule has 114 valence electrons. The van der Waals surface area contributed by atoms with Crippen LogP contribution in [-0.4, -0.2) is 42.4 Å². The Morgan fingerprint density at radius 1 is 1.24 bits per heavy atom. The highest BCUT2D eigenvalue weighted by atomic mass is 16.2. The standard InChI is InChI=1S/C16H23N3O2/c17-10-9-14-8-4-5-11-19(14)12-15(20)18-16(21)13-6-2-1-3-7-13/h1-3,6-7,14H,4-5,8-12,17H2,(H,18,20,21). The highest BCUT2D eigenvalue weighted by Crippen LogP contribution is 2.18. The summed E-state index contributed by atoms with van der Waals surface area (Å²) in [6.07, 6.45) is 4.27. The Morgan fingerprint density at radius 3 is 2.71 bits per heavy atom.